The van der Waals surface area contributed by atoms with E-state index in [1.807, 2.05) is 19.1 Å². The smallest absolute Gasteiger partial charge is 0.394 e. The molecule has 0 saturated heterocycles. The van der Waals surface area contributed by atoms with E-state index in [0.29, 0.717) is 0 Å². The van der Waals surface area contributed by atoms with E-state index in [4.69, 9.17) is 23.3 Å². The van der Waals surface area contributed by atoms with Gasteiger partial charge in [-0.2, -0.15) is 8.42 Å². The van der Waals surface area contributed by atoms with E-state index in [1.54, 1.807) is 0 Å². The van der Waals surface area contributed by atoms with Gasteiger partial charge >= 0.3 is 10.4 Å². The Morgan fingerprint density at radius 3 is 2.06 bits per heavy atom. The molecule has 1 heterocycles. The van der Waals surface area contributed by atoms with Gasteiger partial charge < -0.3 is 10.6 Å². The Kier molecular flexibility index (Phi) is 6.60. The van der Waals surface area contributed by atoms with Crippen molar-refractivity contribution < 1.29 is 17.5 Å². The lowest BCUT2D eigenvalue weighted by atomic mass is 10.3. The average molecular weight is 277 g/mol. The zero-order valence-electron chi connectivity index (χ0n) is 10.7. The molecule has 0 atom stereocenters. The van der Waals surface area contributed by atoms with Gasteiger partial charge in [0.2, 0.25) is 0 Å². The maximum absolute atomic E-state index is 8.74. The fraction of sp³-hybridized carbons (Fsp3) is 0.500. The standard InChI is InChI=1S/C10H17N3.H2O4S/c1-4-13(5-2)10-7-6-9(11)8(3)12-10;1-5(2,3)4/h6-7H,4-5,11H2,1-3H3;(H2,1,2,3,4). The molecule has 8 heteroatoms. The number of hydrogen-bond acceptors (Lipinski definition) is 5. The van der Waals surface area contributed by atoms with Gasteiger partial charge in [0.05, 0.1) is 11.4 Å². The molecule has 0 aliphatic carbocycles. The number of anilines is 2. The van der Waals surface area contributed by atoms with Gasteiger partial charge in [0.1, 0.15) is 5.82 Å². The van der Waals surface area contributed by atoms with Crippen molar-refractivity contribution in [3.8, 4) is 0 Å². The largest absolute Gasteiger partial charge is 0.397 e. The van der Waals surface area contributed by atoms with Crippen molar-refractivity contribution in [2.45, 2.75) is 20.8 Å². The van der Waals surface area contributed by atoms with Gasteiger partial charge in [-0.3, -0.25) is 9.11 Å². The lowest BCUT2D eigenvalue weighted by molar-refractivity contribution is 0.381. The monoisotopic (exact) mass is 277 g/mol. The van der Waals surface area contributed by atoms with Crippen LogP contribution in [0, 0.1) is 6.92 Å². The predicted octanol–water partition coefficient (Wildman–Crippen LogP) is 1.17. The topological polar surface area (TPSA) is 117 Å². The van der Waals surface area contributed by atoms with Crippen LogP contribution >= 0.6 is 0 Å². The van der Waals surface area contributed by atoms with Crippen LogP contribution in [0.3, 0.4) is 0 Å². The van der Waals surface area contributed by atoms with Gasteiger partial charge in [0.15, 0.2) is 0 Å². The Labute approximate surface area is 107 Å². The van der Waals surface area contributed by atoms with Gasteiger partial charge in [0, 0.05) is 13.1 Å². The van der Waals surface area contributed by atoms with Crippen molar-refractivity contribution in [3.63, 3.8) is 0 Å². The van der Waals surface area contributed by atoms with E-state index in [0.717, 1.165) is 30.3 Å². The fourth-order valence-electron chi connectivity index (χ4n) is 1.28. The minimum absolute atomic E-state index is 0.760. The number of nitrogen functional groups attached to an aromatic ring is 1. The molecule has 0 aliphatic heterocycles. The fourth-order valence-corrected chi connectivity index (χ4v) is 1.28. The van der Waals surface area contributed by atoms with Crippen LogP contribution in [0.4, 0.5) is 11.5 Å². The van der Waals surface area contributed by atoms with Crippen molar-refractivity contribution in [1.29, 1.82) is 0 Å². The van der Waals surface area contributed by atoms with Crippen molar-refractivity contribution in [2.75, 3.05) is 23.7 Å². The molecule has 1 aromatic rings. The third kappa shape index (κ3) is 7.05. The second kappa shape index (κ2) is 7.14. The summed E-state index contributed by atoms with van der Waals surface area (Å²) in [7, 11) is -4.67. The highest BCUT2D eigenvalue weighted by Crippen LogP contribution is 2.15. The maximum atomic E-state index is 8.74. The van der Waals surface area contributed by atoms with Crippen molar-refractivity contribution >= 4 is 21.9 Å². The summed E-state index contributed by atoms with van der Waals surface area (Å²) in [6.45, 7) is 8.13. The maximum Gasteiger partial charge on any atom is 0.394 e. The Hall–Kier alpha value is -1.38. The van der Waals surface area contributed by atoms with Crippen molar-refractivity contribution in [2.24, 2.45) is 0 Å². The highest BCUT2D eigenvalue weighted by atomic mass is 32.3. The van der Waals surface area contributed by atoms with Gasteiger partial charge in [-0.15, -0.1) is 0 Å². The molecule has 0 saturated carbocycles. The number of nitrogens with zero attached hydrogens (tertiary/aromatic N) is 2. The summed E-state index contributed by atoms with van der Waals surface area (Å²) < 4.78 is 31.6. The Bertz CT molecular complexity index is 464. The lowest BCUT2D eigenvalue weighted by Gasteiger charge is -2.20. The quantitative estimate of drug-likeness (QED) is 0.710. The summed E-state index contributed by atoms with van der Waals surface area (Å²) in [6, 6.07) is 3.88. The van der Waals surface area contributed by atoms with Crippen LogP contribution in [0.2, 0.25) is 0 Å². The molecule has 7 nitrogen and oxygen atoms in total. The Morgan fingerprint density at radius 1 is 1.28 bits per heavy atom. The molecule has 0 aromatic carbocycles. The zero-order valence-corrected chi connectivity index (χ0v) is 11.5. The third-order valence-corrected chi connectivity index (χ3v) is 2.20. The van der Waals surface area contributed by atoms with Crippen molar-refractivity contribution in [1.82, 2.24) is 4.98 Å². The predicted molar refractivity (Wildman–Crippen MR) is 71.1 cm³/mol. The second-order valence-electron chi connectivity index (χ2n) is 3.46. The molecule has 0 bridgehead atoms. The molecule has 0 amide bonds. The van der Waals surface area contributed by atoms with Crippen LogP contribution in [0.25, 0.3) is 0 Å². The highest BCUT2D eigenvalue weighted by Gasteiger charge is 2.03. The molecule has 104 valence electrons. The van der Waals surface area contributed by atoms with Crippen LogP contribution in [-0.2, 0) is 10.4 Å². The van der Waals surface area contributed by atoms with Crippen LogP contribution in [-0.4, -0.2) is 35.6 Å². The number of nitrogens with two attached hydrogens (primary N) is 1. The molecule has 0 spiro atoms. The minimum atomic E-state index is -4.67. The average Bonchev–Trinajstić information content (AvgIpc) is 2.22. The Balaban J connectivity index is 0.000000494. The molecule has 1 rings (SSSR count). The van der Waals surface area contributed by atoms with Crippen LogP contribution in [0.5, 0.6) is 0 Å². The summed E-state index contributed by atoms with van der Waals surface area (Å²) in [5.41, 5.74) is 7.36. The van der Waals surface area contributed by atoms with E-state index in [9.17, 15) is 0 Å². The van der Waals surface area contributed by atoms with Gasteiger partial charge in [-0.25, -0.2) is 4.98 Å². The summed E-state index contributed by atoms with van der Waals surface area (Å²) in [6.07, 6.45) is 0. The molecular formula is C10H19N3O4S. The Morgan fingerprint density at radius 2 is 1.72 bits per heavy atom. The summed E-state index contributed by atoms with van der Waals surface area (Å²) in [4.78, 5) is 6.62. The van der Waals surface area contributed by atoms with E-state index in [2.05, 4.69) is 23.7 Å². The SMILES string of the molecule is CCN(CC)c1ccc(N)c(C)n1.O=S(=O)(O)O. The molecule has 18 heavy (non-hydrogen) atoms. The first-order valence-electron chi connectivity index (χ1n) is 5.37. The van der Waals surface area contributed by atoms with Crippen LogP contribution in [0.15, 0.2) is 12.1 Å². The van der Waals surface area contributed by atoms with E-state index >= 15 is 0 Å². The molecule has 0 unspecified atom stereocenters. The summed E-state index contributed by atoms with van der Waals surface area (Å²) >= 11 is 0. The van der Waals surface area contributed by atoms with Gasteiger partial charge in [-0.1, -0.05) is 0 Å². The van der Waals surface area contributed by atoms with E-state index in [-0.39, 0.29) is 0 Å². The highest BCUT2D eigenvalue weighted by molar-refractivity contribution is 7.79. The molecular weight excluding hydrogens is 258 g/mol. The number of rotatable bonds is 3. The first kappa shape index (κ1) is 16.6. The molecule has 1 aromatic heterocycles. The molecule has 0 radical (unpaired) electrons. The van der Waals surface area contributed by atoms with Crippen LogP contribution < -0.4 is 10.6 Å². The van der Waals surface area contributed by atoms with Crippen LogP contribution in [0.1, 0.15) is 19.5 Å². The number of aromatic nitrogens is 1. The summed E-state index contributed by atoms with van der Waals surface area (Å²) in [5.74, 6) is 1.01. The first-order chi connectivity index (χ1) is 8.19. The number of hydrogen-bond donors (Lipinski definition) is 3. The third-order valence-electron chi connectivity index (χ3n) is 2.20. The van der Waals surface area contributed by atoms with Gasteiger partial charge in [-0.05, 0) is 32.9 Å². The number of aryl methyl sites for hydroxylation is 1. The minimum Gasteiger partial charge on any atom is -0.397 e. The van der Waals surface area contributed by atoms with Gasteiger partial charge in [0.25, 0.3) is 0 Å². The normalized spacial score (nSPS) is 10.5. The molecule has 4 N–H and O–H groups in total. The van der Waals surface area contributed by atoms with E-state index < -0.39 is 10.4 Å². The number of pyridine rings is 1. The molecule has 0 aliphatic rings. The van der Waals surface area contributed by atoms with Crippen molar-refractivity contribution in [3.05, 3.63) is 17.8 Å². The first-order valence-corrected chi connectivity index (χ1v) is 6.76. The molecule has 0 fully saturated rings. The zero-order chi connectivity index (χ0) is 14.3. The van der Waals surface area contributed by atoms with E-state index in [1.165, 1.54) is 0 Å². The second-order valence-corrected chi connectivity index (χ2v) is 4.36. The summed E-state index contributed by atoms with van der Waals surface area (Å²) in [5, 5.41) is 0. The lowest BCUT2D eigenvalue weighted by Crippen LogP contribution is -2.23.